The molecule has 0 aliphatic carbocycles. The number of aliphatic hydroxyl groups is 1. The largest absolute Gasteiger partial charge is 1.00 e. The Labute approximate surface area is 192 Å². The normalized spacial score (nSPS) is 14.2. The molecule has 2 aromatic heterocycles. The first-order valence-corrected chi connectivity index (χ1v) is 11.5. The maximum Gasteiger partial charge on any atom is 0.172 e. The second-order valence-corrected chi connectivity index (χ2v) is 11.0. The van der Waals surface area contributed by atoms with Gasteiger partial charge in [-0.15, -0.1) is 4.21 Å². The van der Waals surface area contributed by atoms with Crippen LogP contribution in [0.5, 0.6) is 11.5 Å². The van der Waals surface area contributed by atoms with E-state index in [-0.39, 0.29) is 35.4 Å². The summed E-state index contributed by atoms with van der Waals surface area (Å²) >= 11 is 6.35. The van der Waals surface area contributed by atoms with Gasteiger partial charge in [0.25, 0.3) is 0 Å². The minimum atomic E-state index is -1.42. The molecule has 1 aliphatic heterocycles. The molecule has 0 bridgehead atoms. The molecular formula is C16H19Br2IN2O5S. The summed E-state index contributed by atoms with van der Waals surface area (Å²) in [5, 5.41) is 18.2. The van der Waals surface area contributed by atoms with Gasteiger partial charge in [-0.05, 0) is 44.0 Å². The van der Waals surface area contributed by atoms with Gasteiger partial charge in [-0.2, -0.15) is 0 Å². The molecule has 0 aromatic carbocycles. The SMILES string of the molecule is C[S+](C)(C)=O.O=Cc1ncc(Br)cc1O.OC1COc2cc(Br)cnc21.[I-]. The fourth-order valence-corrected chi connectivity index (χ4v) is 2.20. The van der Waals surface area contributed by atoms with E-state index in [1.807, 2.05) is 0 Å². The molecule has 11 heteroatoms. The van der Waals surface area contributed by atoms with Crippen LogP contribution in [0.4, 0.5) is 0 Å². The van der Waals surface area contributed by atoms with Crippen molar-refractivity contribution in [2.75, 3.05) is 25.4 Å². The third-order valence-electron chi connectivity index (χ3n) is 2.54. The average molecular weight is 638 g/mol. The number of aromatic nitrogens is 2. The molecule has 1 unspecified atom stereocenters. The van der Waals surface area contributed by atoms with Crippen LogP contribution in [0, 0.1) is 0 Å². The van der Waals surface area contributed by atoms with Gasteiger partial charge in [0, 0.05) is 21.3 Å². The predicted molar refractivity (Wildman–Crippen MR) is 107 cm³/mol. The molecule has 2 N–H and O–H groups in total. The van der Waals surface area contributed by atoms with E-state index in [9.17, 15) is 14.1 Å². The monoisotopic (exact) mass is 636 g/mol. The second kappa shape index (κ2) is 12.0. The number of carbonyl (C=O) groups is 1. The Hall–Kier alpha value is -0.630. The van der Waals surface area contributed by atoms with Crippen molar-refractivity contribution in [2.24, 2.45) is 0 Å². The first-order valence-electron chi connectivity index (χ1n) is 7.16. The van der Waals surface area contributed by atoms with Crippen molar-refractivity contribution < 1.29 is 47.9 Å². The standard InChI is InChI=1S/C7H6BrNO2.C6H4BrNO2.C3H9OS.HI/c8-4-1-6-7(9-2-4)5(10)3-11-6;7-4-1-6(10)5(3-9)8-2-4;1-5(2,3)4;/h1-2,5,10H,3H2;1-3,10H;1-3H3;1H/q;;+1;/p-1. The number of nitrogens with zero attached hydrogens (tertiary/aromatic N) is 2. The minimum Gasteiger partial charge on any atom is -1.00 e. The Kier molecular flexibility index (Phi) is 11.8. The first kappa shape index (κ1) is 26.4. The van der Waals surface area contributed by atoms with E-state index in [1.165, 1.54) is 12.3 Å². The molecule has 27 heavy (non-hydrogen) atoms. The summed E-state index contributed by atoms with van der Waals surface area (Å²) in [6.45, 7) is 0.318. The molecule has 1 aliphatic rings. The van der Waals surface area contributed by atoms with Gasteiger partial charge in [0.05, 0.1) is 9.93 Å². The molecule has 7 nitrogen and oxygen atoms in total. The van der Waals surface area contributed by atoms with Gasteiger partial charge in [-0.25, -0.2) is 4.98 Å². The van der Waals surface area contributed by atoms with E-state index >= 15 is 0 Å². The van der Waals surface area contributed by atoms with E-state index in [0.717, 1.165) is 4.47 Å². The lowest BCUT2D eigenvalue weighted by atomic mass is 10.2. The Bertz CT molecular complexity index is 811. The molecule has 3 heterocycles. The van der Waals surface area contributed by atoms with Crippen molar-refractivity contribution in [3.8, 4) is 11.5 Å². The van der Waals surface area contributed by atoms with E-state index < -0.39 is 16.0 Å². The number of halogens is 3. The predicted octanol–water partition coefficient (Wildman–Crippen LogP) is 0.0114. The highest BCUT2D eigenvalue weighted by Gasteiger charge is 2.23. The highest BCUT2D eigenvalue weighted by molar-refractivity contribution is 9.10. The highest BCUT2D eigenvalue weighted by Crippen LogP contribution is 2.31. The van der Waals surface area contributed by atoms with Gasteiger partial charge in [0.15, 0.2) is 6.29 Å². The number of fused-ring (bicyclic) bond motifs is 1. The molecule has 0 amide bonds. The van der Waals surface area contributed by atoms with Gasteiger partial charge in [0.1, 0.15) is 54.4 Å². The van der Waals surface area contributed by atoms with Crippen LogP contribution in [0.15, 0.2) is 33.5 Å². The number of pyridine rings is 2. The van der Waals surface area contributed by atoms with Crippen LogP contribution in [-0.4, -0.2) is 51.8 Å². The number of ether oxygens (including phenoxy) is 1. The summed E-state index contributed by atoms with van der Waals surface area (Å²) in [5.74, 6) is 0.566. The zero-order valence-corrected chi connectivity index (χ0v) is 20.9. The highest BCUT2D eigenvalue weighted by atomic mass is 127. The van der Waals surface area contributed by atoms with E-state index in [4.69, 9.17) is 9.84 Å². The number of hydrogen-bond donors (Lipinski definition) is 2. The fourth-order valence-electron chi connectivity index (χ4n) is 1.57. The van der Waals surface area contributed by atoms with E-state index in [1.54, 1.807) is 31.0 Å². The average Bonchev–Trinajstić information content (AvgIpc) is 2.87. The molecule has 0 fully saturated rings. The first-order chi connectivity index (χ1) is 12.0. The molecule has 0 saturated heterocycles. The molecule has 0 radical (unpaired) electrons. The van der Waals surface area contributed by atoms with Crippen molar-refractivity contribution in [1.29, 1.82) is 0 Å². The van der Waals surface area contributed by atoms with Crippen LogP contribution in [0.25, 0.3) is 0 Å². The zero-order valence-electron chi connectivity index (χ0n) is 14.7. The summed E-state index contributed by atoms with van der Waals surface area (Å²) < 4.78 is 16.9. The number of aromatic hydroxyl groups is 1. The number of aliphatic hydroxyl groups excluding tert-OH is 1. The number of rotatable bonds is 1. The molecule has 3 rings (SSSR count). The Balaban J connectivity index is 0.000000395. The quantitative estimate of drug-likeness (QED) is 0.258. The number of aldehydes is 1. The third kappa shape index (κ3) is 10.5. The van der Waals surface area contributed by atoms with Crippen molar-refractivity contribution in [3.05, 3.63) is 44.9 Å². The van der Waals surface area contributed by atoms with Gasteiger partial charge in [0.2, 0.25) is 0 Å². The number of carbonyl (C=O) groups excluding carboxylic acids is 1. The topological polar surface area (TPSA) is 110 Å². The zero-order chi connectivity index (χ0) is 19.9. The maximum atomic E-state index is 10.2. The van der Waals surface area contributed by atoms with Crippen LogP contribution < -0.4 is 28.7 Å². The summed E-state index contributed by atoms with van der Waals surface area (Å²) in [5.41, 5.74) is 0.691. The summed E-state index contributed by atoms with van der Waals surface area (Å²) in [4.78, 5) is 17.8. The molecular weight excluding hydrogens is 619 g/mol. The third-order valence-corrected chi connectivity index (χ3v) is 3.40. The second-order valence-electron chi connectivity index (χ2n) is 5.76. The molecule has 1 atom stereocenters. The van der Waals surface area contributed by atoms with Gasteiger partial charge in [-0.1, -0.05) is 0 Å². The van der Waals surface area contributed by atoms with Gasteiger partial charge in [-0.3, -0.25) is 9.78 Å². The lowest BCUT2D eigenvalue weighted by Crippen LogP contribution is -3.00. The van der Waals surface area contributed by atoms with Crippen LogP contribution >= 0.6 is 31.9 Å². The van der Waals surface area contributed by atoms with Crippen molar-refractivity contribution in [1.82, 2.24) is 9.97 Å². The summed E-state index contributed by atoms with van der Waals surface area (Å²) in [6.07, 6.45) is 8.19. The lowest BCUT2D eigenvalue weighted by Gasteiger charge is -1.97. The van der Waals surface area contributed by atoms with Gasteiger partial charge < -0.3 is 38.9 Å². The van der Waals surface area contributed by atoms with Gasteiger partial charge >= 0.3 is 0 Å². The lowest BCUT2D eigenvalue weighted by molar-refractivity contribution is -0.0000160. The van der Waals surface area contributed by atoms with Crippen molar-refractivity contribution in [2.45, 2.75) is 6.10 Å². The smallest absolute Gasteiger partial charge is 0.172 e. The van der Waals surface area contributed by atoms with Crippen LogP contribution in [-0.2, 0) is 14.1 Å². The molecule has 2 aromatic rings. The van der Waals surface area contributed by atoms with Crippen LogP contribution in [0.1, 0.15) is 22.3 Å². The van der Waals surface area contributed by atoms with Crippen LogP contribution in [0.3, 0.4) is 0 Å². The summed E-state index contributed by atoms with van der Waals surface area (Å²) in [6, 6.07) is 3.22. The van der Waals surface area contributed by atoms with E-state index in [2.05, 4.69) is 41.8 Å². The minimum absolute atomic E-state index is 0. The maximum absolute atomic E-state index is 10.2. The molecule has 150 valence electrons. The summed E-state index contributed by atoms with van der Waals surface area (Å²) in [7, 11) is -1.42. The number of hydrogen-bond acceptors (Lipinski definition) is 7. The fraction of sp³-hybridized carbons (Fsp3) is 0.312. The van der Waals surface area contributed by atoms with Crippen LogP contribution in [0.2, 0.25) is 0 Å². The van der Waals surface area contributed by atoms with Crippen molar-refractivity contribution in [3.63, 3.8) is 0 Å². The Morgan fingerprint density at radius 2 is 1.70 bits per heavy atom. The van der Waals surface area contributed by atoms with E-state index in [0.29, 0.717) is 28.8 Å². The Morgan fingerprint density at radius 1 is 1.19 bits per heavy atom. The molecule has 0 saturated carbocycles. The Morgan fingerprint density at radius 3 is 2.22 bits per heavy atom. The van der Waals surface area contributed by atoms with Crippen molar-refractivity contribution >= 4 is 48.1 Å². The molecule has 0 spiro atoms.